The highest BCUT2D eigenvalue weighted by atomic mass is 16.5. The van der Waals surface area contributed by atoms with Crippen molar-refractivity contribution in [3.8, 4) is 0 Å². The lowest BCUT2D eigenvalue weighted by Crippen LogP contribution is -2.25. The molecule has 0 aromatic carbocycles. The summed E-state index contributed by atoms with van der Waals surface area (Å²) < 4.78 is 7.35. The van der Waals surface area contributed by atoms with Crippen molar-refractivity contribution in [2.75, 3.05) is 19.8 Å². The molecule has 1 amide bonds. The van der Waals surface area contributed by atoms with Gasteiger partial charge in [0.15, 0.2) is 5.65 Å². The van der Waals surface area contributed by atoms with Crippen LogP contribution in [0.1, 0.15) is 62.1 Å². The van der Waals surface area contributed by atoms with Gasteiger partial charge in [0.25, 0.3) is 5.91 Å². The summed E-state index contributed by atoms with van der Waals surface area (Å²) in [5, 5.41) is 8.13. The van der Waals surface area contributed by atoms with E-state index >= 15 is 0 Å². The molecular formula is C18H28N4O2. The van der Waals surface area contributed by atoms with E-state index in [1.165, 1.54) is 0 Å². The average molecular weight is 332 g/mol. The van der Waals surface area contributed by atoms with E-state index in [4.69, 9.17) is 4.74 Å². The number of aryl methyl sites for hydroxylation is 1. The lowest BCUT2D eigenvalue weighted by atomic mass is 10.1. The number of ether oxygens (including phenoxy) is 1. The number of amides is 1. The van der Waals surface area contributed by atoms with Crippen LogP contribution in [0.25, 0.3) is 11.0 Å². The Morgan fingerprint density at radius 1 is 1.33 bits per heavy atom. The summed E-state index contributed by atoms with van der Waals surface area (Å²) >= 11 is 0. The normalized spacial score (nSPS) is 11.4. The molecule has 0 spiro atoms. The molecule has 132 valence electrons. The molecule has 2 rings (SSSR count). The maximum atomic E-state index is 12.5. The van der Waals surface area contributed by atoms with Crippen LogP contribution in [0.3, 0.4) is 0 Å². The van der Waals surface area contributed by atoms with E-state index in [0.29, 0.717) is 18.7 Å². The van der Waals surface area contributed by atoms with E-state index in [1.54, 1.807) is 6.20 Å². The number of nitrogens with zero attached hydrogens (tertiary/aromatic N) is 3. The molecule has 6 heteroatoms. The second-order valence-electron chi connectivity index (χ2n) is 6.31. The Balaban J connectivity index is 1.99. The minimum Gasteiger partial charge on any atom is -0.381 e. The van der Waals surface area contributed by atoms with E-state index in [0.717, 1.165) is 42.6 Å². The van der Waals surface area contributed by atoms with Crippen LogP contribution in [0.15, 0.2) is 12.3 Å². The smallest absolute Gasteiger partial charge is 0.252 e. The van der Waals surface area contributed by atoms with Gasteiger partial charge in [-0.1, -0.05) is 13.3 Å². The molecule has 2 heterocycles. The first kappa shape index (κ1) is 18.4. The zero-order chi connectivity index (χ0) is 17.5. The van der Waals surface area contributed by atoms with Gasteiger partial charge in [0.05, 0.1) is 17.1 Å². The standard InChI is InChI=1S/C18H28N4O2/c1-5-6-9-24-10-7-8-19-18(23)15-11-14(4)21-17-16(15)12-20-22(17)13(2)3/h11-13H,5-10H2,1-4H3,(H,19,23). The molecule has 0 aliphatic heterocycles. The third-order valence-corrected chi connectivity index (χ3v) is 3.82. The van der Waals surface area contributed by atoms with Gasteiger partial charge in [-0.25, -0.2) is 9.67 Å². The number of pyridine rings is 1. The summed E-state index contributed by atoms with van der Waals surface area (Å²) in [5.41, 5.74) is 2.22. The monoisotopic (exact) mass is 332 g/mol. The molecule has 2 aromatic heterocycles. The lowest BCUT2D eigenvalue weighted by Gasteiger charge is -2.09. The van der Waals surface area contributed by atoms with Crippen LogP contribution < -0.4 is 5.32 Å². The van der Waals surface area contributed by atoms with Gasteiger partial charge in [-0.05, 0) is 39.7 Å². The number of hydrogen-bond donors (Lipinski definition) is 1. The van der Waals surface area contributed by atoms with Crippen molar-refractivity contribution < 1.29 is 9.53 Å². The molecule has 1 N–H and O–H groups in total. The highest BCUT2D eigenvalue weighted by Gasteiger charge is 2.16. The van der Waals surface area contributed by atoms with Crippen LogP contribution in [0, 0.1) is 6.92 Å². The van der Waals surface area contributed by atoms with E-state index < -0.39 is 0 Å². The molecular weight excluding hydrogens is 304 g/mol. The molecule has 0 unspecified atom stereocenters. The Morgan fingerprint density at radius 2 is 2.08 bits per heavy atom. The Bertz CT molecular complexity index is 679. The number of carbonyl (C=O) groups excluding carboxylic acids is 1. The highest BCUT2D eigenvalue weighted by Crippen LogP contribution is 2.20. The van der Waals surface area contributed by atoms with Gasteiger partial charge in [-0.3, -0.25) is 4.79 Å². The molecule has 0 aliphatic carbocycles. The number of fused-ring (bicyclic) bond motifs is 1. The van der Waals surface area contributed by atoms with E-state index in [2.05, 4.69) is 36.2 Å². The van der Waals surface area contributed by atoms with E-state index in [-0.39, 0.29) is 11.9 Å². The number of aromatic nitrogens is 3. The zero-order valence-electron chi connectivity index (χ0n) is 15.1. The largest absolute Gasteiger partial charge is 0.381 e. The Morgan fingerprint density at radius 3 is 2.79 bits per heavy atom. The Labute approximate surface area is 143 Å². The average Bonchev–Trinajstić information content (AvgIpc) is 2.96. The van der Waals surface area contributed by atoms with Crippen LogP contribution in [-0.4, -0.2) is 40.4 Å². The minimum absolute atomic E-state index is 0.0811. The summed E-state index contributed by atoms with van der Waals surface area (Å²) in [7, 11) is 0. The zero-order valence-corrected chi connectivity index (χ0v) is 15.1. The second-order valence-corrected chi connectivity index (χ2v) is 6.31. The summed E-state index contributed by atoms with van der Waals surface area (Å²) in [4.78, 5) is 17.0. The lowest BCUT2D eigenvalue weighted by molar-refractivity contribution is 0.0942. The third-order valence-electron chi connectivity index (χ3n) is 3.82. The highest BCUT2D eigenvalue weighted by molar-refractivity contribution is 6.05. The third kappa shape index (κ3) is 4.54. The van der Waals surface area contributed by atoms with Gasteiger partial charge in [-0.2, -0.15) is 5.10 Å². The molecule has 24 heavy (non-hydrogen) atoms. The first-order chi connectivity index (χ1) is 11.5. The molecule has 0 bridgehead atoms. The predicted molar refractivity (Wildman–Crippen MR) is 95.3 cm³/mol. The molecule has 0 fully saturated rings. The van der Waals surface area contributed by atoms with Gasteiger partial charge in [0.1, 0.15) is 0 Å². The summed E-state index contributed by atoms with van der Waals surface area (Å²) in [6.07, 6.45) is 4.76. The van der Waals surface area contributed by atoms with Crippen molar-refractivity contribution in [2.45, 2.75) is 53.0 Å². The van der Waals surface area contributed by atoms with Crippen LogP contribution in [-0.2, 0) is 4.74 Å². The first-order valence-corrected chi connectivity index (χ1v) is 8.75. The van der Waals surface area contributed by atoms with Crippen LogP contribution in [0.2, 0.25) is 0 Å². The van der Waals surface area contributed by atoms with Gasteiger partial charge in [0, 0.05) is 31.5 Å². The van der Waals surface area contributed by atoms with Gasteiger partial charge >= 0.3 is 0 Å². The second kappa shape index (κ2) is 8.78. The fourth-order valence-corrected chi connectivity index (χ4v) is 2.53. The topological polar surface area (TPSA) is 69.0 Å². The van der Waals surface area contributed by atoms with Crippen molar-refractivity contribution in [3.63, 3.8) is 0 Å². The SMILES string of the molecule is CCCCOCCCNC(=O)c1cc(C)nc2c1cnn2C(C)C. The van der Waals surface area contributed by atoms with Gasteiger partial charge < -0.3 is 10.1 Å². The number of nitrogens with one attached hydrogen (secondary N) is 1. The minimum atomic E-state index is -0.0811. The summed E-state index contributed by atoms with van der Waals surface area (Å²) in [5.74, 6) is -0.0811. The molecule has 2 aromatic rings. The fraction of sp³-hybridized carbons (Fsp3) is 0.611. The number of carbonyl (C=O) groups is 1. The van der Waals surface area contributed by atoms with Crippen molar-refractivity contribution >= 4 is 16.9 Å². The number of hydrogen-bond acceptors (Lipinski definition) is 4. The van der Waals surface area contributed by atoms with Crippen molar-refractivity contribution in [3.05, 3.63) is 23.5 Å². The first-order valence-electron chi connectivity index (χ1n) is 8.75. The van der Waals surface area contributed by atoms with Crippen molar-refractivity contribution in [2.24, 2.45) is 0 Å². The van der Waals surface area contributed by atoms with Gasteiger partial charge in [0.2, 0.25) is 0 Å². The maximum Gasteiger partial charge on any atom is 0.252 e. The number of rotatable bonds is 9. The van der Waals surface area contributed by atoms with Crippen molar-refractivity contribution in [1.82, 2.24) is 20.1 Å². The van der Waals surface area contributed by atoms with Crippen molar-refractivity contribution in [1.29, 1.82) is 0 Å². The number of unbranched alkanes of at least 4 members (excludes halogenated alkanes) is 1. The molecule has 6 nitrogen and oxygen atoms in total. The molecule has 0 radical (unpaired) electrons. The molecule has 0 saturated carbocycles. The molecule has 0 atom stereocenters. The van der Waals surface area contributed by atoms with Crippen LogP contribution >= 0.6 is 0 Å². The molecule has 0 saturated heterocycles. The predicted octanol–water partition coefficient (Wildman–Crippen LogP) is 3.26. The Hall–Kier alpha value is -1.95. The van der Waals surface area contributed by atoms with E-state index in [9.17, 15) is 4.79 Å². The fourth-order valence-electron chi connectivity index (χ4n) is 2.53. The van der Waals surface area contributed by atoms with Gasteiger partial charge in [-0.15, -0.1) is 0 Å². The quantitative estimate of drug-likeness (QED) is 0.716. The van der Waals surface area contributed by atoms with E-state index in [1.807, 2.05) is 17.7 Å². The van der Waals surface area contributed by atoms with Crippen LogP contribution in [0.5, 0.6) is 0 Å². The summed E-state index contributed by atoms with van der Waals surface area (Å²) in [6.45, 7) is 10.2. The molecule has 0 aliphatic rings. The maximum absolute atomic E-state index is 12.5. The Kier molecular flexibility index (Phi) is 6.73. The van der Waals surface area contributed by atoms with Crippen LogP contribution in [0.4, 0.5) is 0 Å². The summed E-state index contributed by atoms with van der Waals surface area (Å²) in [6, 6.07) is 2.02.